The molecular formula is C14H16N2. The summed E-state index contributed by atoms with van der Waals surface area (Å²) in [5.74, 6) is 0. The lowest BCUT2D eigenvalue weighted by Crippen LogP contribution is -2.17. The van der Waals surface area contributed by atoms with Crippen LogP contribution in [-0.4, -0.2) is 11.5 Å². The number of pyridine rings is 1. The molecule has 0 amide bonds. The number of benzene rings is 1. The first-order valence-electron chi connectivity index (χ1n) is 5.64. The van der Waals surface area contributed by atoms with Crippen molar-refractivity contribution in [3.05, 3.63) is 54.9 Å². The van der Waals surface area contributed by atoms with Crippen molar-refractivity contribution in [2.24, 2.45) is 0 Å². The number of aromatic nitrogens is 1. The van der Waals surface area contributed by atoms with Crippen LogP contribution in [0.2, 0.25) is 0 Å². The molecule has 0 unspecified atom stereocenters. The van der Waals surface area contributed by atoms with Crippen LogP contribution in [0.15, 0.2) is 54.9 Å². The van der Waals surface area contributed by atoms with E-state index in [-0.39, 0.29) is 0 Å². The average molecular weight is 212 g/mol. The van der Waals surface area contributed by atoms with Gasteiger partial charge in [-0.1, -0.05) is 25.1 Å². The van der Waals surface area contributed by atoms with Crippen LogP contribution in [0.3, 0.4) is 0 Å². The maximum absolute atomic E-state index is 4.17. The normalized spacial score (nSPS) is 10.1. The Morgan fingerprint density at radius 3 is 2.38 bits per heavy atom. The lowest BCUT2D eigenvalue weighted by Gasteiger charge is -2.23. The second-order valence-electron chi connectivity index (χ2n) is 3.70. The number of hydrogen-bond donors (Lipinski definition) is 0. The molecule has 0 saturated heterocycles. The van der Waals surface area contributed by atoms with Gasteiger partial charge in [-0.3, -0.25) is 4.98 Å². The highest BCUT2D eigenvalue weighted by atomic mass is 15.1. The second-order valence-corrected chi connectivity index (χ2v) is 3.70. The first-order valence-corrected chi connectivity index (χ1v) is 5.64. The molecule has 0 bridgehead atoms. The quantitative estimate of drug-likeness (QED) is 0.769. The zero-order valence-corrected chi connectivity index (χ0v) is 9.50. The van der Waals surface area contributed by atoms with Crippen molar-refractivity contribution in [3.63, 3.8) is 0 Å². The molecule has 0 fully saturated rings. The van der Waals surface area contributed by atoms with Crippen LogP contribution in [-0.2, 0) is 0 Å². The Morgan fingerprint density at radius 1 is 1.00 bits per heavy atom. The number of hydrogen-bond acceptors (Lipinski definition) is 2. The molecule has 0 aliphatic rings. The van der Waals surface area contributed by atoms with E-state index < -0.39 is 0 Å². The van der Waals surface area contributed by atoms with Crippen LogP contribution in [0.5, 0.6) is 0 Å². The molecular weight excluding hydrogens is 196 g/mol. The summed E-state index contributed by atoms with van der Waals surface area (Å²) in [4.78, 5) is 6.46. The standard InChI is InChI=1S/C14H16N2/c1-2-11-16(13-7-4-3-5-8-13)14-9-6-10-15-12-14/h3-10,12H,2,11H2,1H3. The zero-order valence-electron chi connectivity index (χ0n) is 9.50. The summed E-state index contributed by atoms with van der Waals surface area (Å²) >= 11 is 0. The van der Waals surface area contributed by atoms with Gasteiger partial charge >= 0.3 is 0 Å². The maximum Gasteiger partial charge on any atom is 0.0597 e. The molecule has 16 heavy (non-hydrogen) atoms. The van der Waals surface area contributed by atoms with E-state index in [4.69, 9.17) is 0 Å². The SMILES string of the molecule is CCCN(c1ccccc1)c1cccnc1. The molecule has 0 atom stereocenters. The van der Waals surface area contributed by atoms with E-state index in [1.165, 1.54) is 5.69 Å². The molecule has 0 spiro atoms. The van der Waals surface area contributed by atoms with E-state index in [0.717, 1.165) is 18.7 Å². The van der Waals surface area contributed by atoms with E-state index in [9.17, 15) is 0 Å². The summed E-state index contributed by atoms with van der Waals surface area (Å²) in [5, 5.41) is 0. The van der Waals surface area contributed by atoms with Crippen LogP contribution in [0.4, 0.5) is 11.4 Å². The first-order chi connectivity index (χ1) is 7.92. The summed E-state index contributed by atoms with van der Waals surface area (Å²) in [6.07, 6.45) is 4.82. The van der Waals surface area contributed by atoms with Crippen molar-refractivity contribution in [2.45, 2.75) is 13.3 Å². The maximum atomic E-state index is 4.17. The second kappa shape index (κ2) is 5.31. The molecule has 0 saturated carbocycles. The summed E-state index contributed by atoms with van der Waals surface area (Å²) in [6, 6.07) is 14.5. The van der Waals surface area contributed by atoms with Crippen molar-refractivity contribution in [2.75, 3.05) is 11.4 Å². The van der Waals surface area contributed by atoms with Crippen molar-refractivity contribution in [1.82, 2.24) is 4.98 Å². The van der Waals surface area contributed by atoms with Gasteiger partial charge in [-0.25, -0.2) is 0 Å². The smallest absolute Gasteiger partial charge is 0.0597 e. The van der Waals surface area contributed by atoms with Crippen molar-refractivity contribution in [1.29, 1.82) is 0 Å². The molecule has 82 valence electrons. The minimum absolute atomic E-state index is 1.01. The molecule has 0 aliphatic heterocycles. The van der Waals surface area contributed by atoms with Gasteiger partial charge in [-0.05, 0) is 30.7 Å². The molecule has 2 heteroatoms. The van der Waals surface area contributed by atoms with Gasteiger partial charge in [0.1, 0.15) is 0 Å². The molecule has 1 aromatic carbocycles. The molecule has 0 aliphatic carbocycles. The lowest BCUT2D eigenvalue weighted by molar-refractivity contribution is 0.883. The van der Waals surface area contributed by atoms with Crippen LogP contribution in [0.25, 0.3) is 0 Å². The third kappa shape index (κ3) is 2.40. The predicted molar refractivity (Wildman–Crippen MR) is 68.0 cm³/mol. The number of para-hydroxylation sites is 1. The Balaban J connectivity index is 2.31. The lowest BCUT2D eigenvalue weighted by atomic mass is 10.2. The molecule has 0 N–H and O–H groups in total. The Kier molecular flexibility index (Phi) is 3.54. The van der Waals surface area contributed by atoms with Gasteiger partial charge in [0.25, 0.3) is 0 Å². The fourth-order valence-electron chi connectivity index (χ4n) is 1.75. The van der Waals surface area contributed by atoms with Crippen LogP contribution >= 0.6 is 0 Å². The van der Waals surface area contributed by atoms with Gasteiger partial charge in [-0.15, -0.1) is 0 Å². The minimum Gasteiger partial charge on any atom is -0.340 e. The number of anilines is 2. The van der Waals surface area contributed by atoms with Crippen molar-refractivity contribution >= 4 is 11.4 Å². The molecule has 0 radical (unpaired) electrons. The largest absolute Gasteiger partial charge is 0.340 e. The van der Waals surface area contributed by atoms with Crippen LogP contribution in [0.1, 0.15) is 13.3 Å². The summed E-state index contributed by atoms with van der Waals surface area (Å²) in [5.41, 5.74) is 2.37. The molecule has 1 heterocycles. The molecule has 2 aromatic rings. The Bertz CT molecular complexity index is 372. The van der Waals surface area contributed by atoms with E-state index >= 15 is 0 Å². The van der Waals surface area contributed by atoms with E-state index in [0.29, 0.717) is 0 Å². The summed E-state index contributed by atoms with van der Waals surface area (Å²) in [6.45, 7) is 3.20. The Labute approximate surface area is 96.6 Å². The molecule has 2 nitrogen and oxygen atoms in total. The van der Waals surface area contributed by atoms with Gasteiger partial charge in [0, 0.05) is 18.4 Å². The van der Waals surface area contributed by atoms with Gasteiger partial charge in [-0.2, -0.15) is 0 Å². The van der Waals surface area contributed by atoms with Gasteiger partial charge in [0.2, 0.25) is 0 Å². The average Bonchev–Trinajstić information content (AvgIpc) is 2.38. The van der Waals surface area contributed by atoms with Gasteiger partial charge in [0.15, 0.2) is 0 Å². The van der Waals surface area contributed by atoms with Crippen LogP contribution < -0.4 is 4.90 Å². The summed E-state index contributed by atoms with van der Waals surface area (Å²) in [7, 11) is 0. The highest BCUT2D eigenvalue weighted by Crippen LogP contribution is 2.23. The summed E-state index contributed by atoms with van der Waals surface area (Å²) < 4.78 is 0. The third-order valence-electron chi connectivity index (χ3n) is 2.47. The molecule has 2 rings (SSSR count). The van der Waals surface area contributed by atoms with E-state index in [1.54, 1.807) is 6.20 Å². The Hall–Kier alpha value is -1.83. The first kappa shape index (κ1) is 10.7. The fourth-order valence-corrected chi connectivity index (χ4v) is 1.75. The minimum atomic E-state index is 1.01. The van der Waals surface area contributed by atoms with Crippen molar-refractivity contribution < 1.29 is 0 Å². The predicted octanol–water partition coefficient (Wildman–Crippen LogP) is 3.63. The van der Waals surface area contributed by atoms with E-state index in [2.05, 4.69) is 47.1 Å². The van der Waals surface area contributed by atoms with E-state index in [1.807, 2.05) is 18.3 Å². The van der Waals surface area contributed by atoms with Gasteiger partial charge < -0.3 is 4.90 Å². The fraction of sp³-hybridized carbons (Fsp3) is 0.214. The highest BCUT2D eigenvalue weighted by Gasteiger charge is 2.06. The number of nitrogens with zero attached hydrogens (tertiary/aromatic N) is 2. The van der Waals surface area contributed by atoms with Gasteiger partial charge in [0.05, 0.1) is 11.9 Å². The Morgan fingerprint density at radius 2 is 1.75 bits per heavy atom. The van der Waals surface area contributed by atoms with Crippen LogP contribution in [0, 0.1) is 0 Å². The third-order valence-corrected chi connectivity index (χ3v) is 2.47. The zero-order chi connectivity index (χ0) is 11.2. The topological polar surface area (TPSA) is 16.1 Å². The highest BCUT2D eigenvalue weighted by molar-refractivity contribution is 5.61. The van der Waals surface area contributed by atoms with Crippen molar-refractivity contribution in [3.8, 4) is 0 Å². The number of rotatable bonds is 4. The molecule has 1 aromatic heterocycles. The monoisotopic (exact) mass is 212 g/mol.